The first-order valence-corrected chi connectivity index (χ1v) is 9.63. The van der Waals surface area contributed by atoms with Gasteiger partial charge in [0.1, 0.15) is 10.8 Å². The van der Waals surface area contributed by atoms with Gasteiger partial charge in [-0.2, -0.15) is 13.2 Å². The summed E-state index contributed by atoms with van der Waals surface area (Å²) in [5.74, 6) is -0.475. The van der Waals surface area contributed by atoms with Crippen LogP contribution in [0.15, 0.2) is 58.4 Å². The van der Waals surface area contributed by atoms with Gasteiger partial charge in [-0.1, -0.05) is 65.0 Å². The van der Waals surface area contributed by atoms with Crippen molar-refractivity contribution in [3.8, 4) is 0 Å². The molecule has 0 aliphatic heterocycles. The summed E-state index contributed by atoms with van der Waals surface area (Å²) in [6.07, 6.45) is -4.61. The average molecular weight is 430 g/mol. The standard InChI is InChI=1S/C17H11ClF3N3OS2/c18-13-7-6-11(8-12(13)17(19,20)21)23-15(25)14(10-4-2-1-3-5-10)27-16-24-22-9-26-16/h1-9,14H,(H,23,25)/t14-/m1/s1. The number of rotatable bonds is 5. The van der Waals surface area contributed by atoms with E-state index >= 15 is 0 Å². The lowest BCUT2D eigenvalue weighted by Crippen LogP contribution is -2.19. The molecule has 1 amide bonds. The highest BCUT2D eigenvalue weighted by atomic mass is 35.5. The number of carbonyl (C=O) groups excluding carboxylic acids is 1. The topological polar surface area (TPSA) is 54.9 Å². The van der Waals surface area contributed by atoms with Gasteiger partial charge in [0.05, 0.1) is 10.6 Å². The molecule has 140 valence electrons. The summed E-state index contributed by atoms with van der Waals surface area (Å²) < 4.78 is 39.7. The van der Waals surface area contributed by atoms with Crippen molar-refractivity contribution >= 4 is 46.3 Å². The highest BCUT2D eigenvalue weighted by Gasteiger charge is 2.33. The molecule has 0 fully saturated rings. The molecular formula is C17H11ClF3N3OS2. The Kier molecular flexibility index (Phi) is 6.03. The van der Waals surface area contributed by atoms with Crippen LogP contribution in [0.2, 0.25) is 5.02 Å². The summed E-state index contributed by atoms with van der Waals surface area (Å²) in [7, 11) is 0. The molecule has 3 aromatic rings. The number of alkyl halides is 3. The molecule has 1 aromatic heterocycles. The van der Waals surface area contributed by atoms with Crippen LogP contribution in [-0.4, -0.2) is 16.1 Å². The minimum atomic E-state index is -4.61. The van der Waals surface area contributed by atoms with Gasteiger partial charge < -0.3 is 5.32 Å². The summed E-state index contributed by atoms with van der Waals surface area (Å²) in [5, 5.41) is 9.05. The van der Waals surface area contributed by atoms with E-state index in [4.69, 9.17) is 11.6 Å². The minimum absolute atomic E-state index is 0.00974. The first-order chi connectivity index (χ1) is 12.8. The fraction of sp³-hybridized carbons (Fsp3) is 0.118. The lowest BCUT2D eigenvalue weighted by atomic mass is 10.1. The van der Waals surface area contributed by atoms with Crippen molar-refractivity contribution in [3.63, 3.8) is 0 Å². The monoisotopic (exact) mass is 429 g/mol. The maximum atomic E-state index is 13.0. The van der Waals surface area contributed by atoms with Gasteiger partial charge in [0.15, 0.2) is 4.34 Å². The van der Waals surface area contributed by atoms with E-state index in [0.717, 1.165) is 12.1 Å². The highest BCUT2D eigenvalue weighted by molar-refractivity contribution is 8.01. The molecule has 3 rings (SSSR count). The molecular weight excluding hydrogens is 419 g/mol. The summed E-state index contributed by atoms with van der Waals surface area (Å²) in [4.78, 5) is 12.8. The Labute approximate surface area is 165 Å². The van der Waals surface area contributed by atoms with E-state index in [-0.39, 0.29) is 5.69 Å². The van der Waals surface area contributed by atoms with Crippen LogP contribution in [0.3, 0.4) is 0 Å². The number of aromatic nitrogens is 2. The SMILES string of the molecule is O=C(Nc1ccc(Cl)c(C(F)(F)F)c1)[C@H](Sc1nncs1)c1ccccc1. The highest BCUT2D eigenvalue weighted by Crippen LogP contribution is 2.38. The Bertz CT molecular complexity index is 921. The van der Waals surface area contributed by atoms with Gasteiger partial charge >= 0.3 is 6.18 Å². The van der Waals surface area contributed by atoms with Crippen molar-refractivity contribution in [2.24, 2.45) is 0 Å². The Morgan fingerprint density at radius 2 is 1.93 bits per heavy atom. The van der Waals surface area contributed by atoms with Gasteiger partial charge in [-0.3, -0.25) is 4.79 Å². The normalized spacial score (nSPS) is 12.6. The maximum Gasteiger partial charge on any atom is 0.417 e. The number of hydrogen-bond acceptors (Lipinski definition) is 5. The van der Waals surface area contributed by atoms with E-state index in [1.165, 1.54) is 34.7 Å². The first kappa shape index (κ1) is 19.7. The van der Waals surface area contributed by atoms with Crippen LogP contribution in [0.4, 0.5) is 18.9 Å². The molecule has 0 spiro atoms. The van der Waals surface area contributed by atoms with Crippen molar-refractivity contribution in [1.29, 1.82) is 0 Å². The maximum absolute atomic E-state index is 13.0. The Morgan fingerprint density at radius 3 is 2.56 bits per heavy atom. The number of anilines is 1. The number of benzene rings is 2. The predicted octanol–water partition coefficient (Wildman–Crippen LogP) is 5.68. The Balaban J connectivity index is 1.87. The zero-order valence-corrected chi connectivity index (χ0v) is 15.8. The number of amides is 1. The van der Waals surface area contributed by atoms with Crippen LogP contribution in [-0.2, 0) is 11.0 Å². The molecule has 0 saturated heterocycles. The fourth-order valence-electron chi connectivity index (χ4n) is 2.24. The number of nitrogens with zero attached hydrogens (tertiary/aromatic N) is 2. The number of carbonyl (C=O) groups is 1. The molecule has 27 heavy (non-hydrogen) atoms. The van der Waals surface area contributed by atoms with E-state index in [1.807, 2.05) is 6.07 Å². The summed E-state index contributed by atoms with van der Waals surface area (Å²) in [6.45, 7) is 0. The third-order valence-electron chi connectivity index (χ3n) is 3.44. The van der Waals surface area contributed by atoms with Crippen LogP contribution in [0, 0.1) is 0 Å². The van der Waals surface area contributed by atoms with Crippen molar-refractivity contribution in [2.75, 3.05) is 5.32 Å². The van der Waals surface area contributed by atoms with Crippen LogP contribution < -0.4 is 5.32 Å². The van der Waals surface area contributed by atoms with E-state index in [2.05, 4.69) is 15.5 Å². The molecule has 0 bridgehead atoms. The molecule has 4 nitrogen and oxygen atoms in total. The van der Waals surface area contributed by atoms with Crippen molar-refractivity contribution < 1.29 is 18.0 Å². The number of nitrogens with one attached hydrogen (secondary N) is 1. The van der Waals surface area contributed by atoms with Crippen LogP contribution >= 0.6 is 34.7 Å². The molecule has 0 saturated carbocycles. The zero-order chi connectivity index (χ0) is 19.4. The molecule has 0 aliphatic rings. The molecule has 1 atom stereocenters. The van der Waals surface area contributed by atoms with Gasteiger partial charge in [0.2, 0.25) is 5.91 Å². The third-order valence-corrected chi connectivity index (χ3v) is 5.83. The average Bonchev–Trinajstić information content (AvgIpc) is 3.14. The predicted molar refractivity (Wildman–Crippen MR) is 100 cm³/mol. The van der Waals surface area contributed by atoms with E-state index in [9.17, 15) is 18.0 Å². The number of halogens is 4. The van der Waals surface area contributed by atoms with Crippen molar-refractivity contribution in [2.45, 2.75) is 15.8 Å². The third kappa shape index (κ3) is 5.00. The minimum Gasteiger partial charge on any atom is -0.325 e. The summed E-state index contributed by atoms with van der Waals surface area (Å²) in [5.41, 5.74) is 1.24. The summed E-state index contributed by atoms with van der Waals surface area (Å²) >= 11 is 8.07. The Hall–Kier alpha value is -2.10. The van der Waals surface area contributed by atoms with E-state index in [0.29, 0.717) is 9.90 Å². The molecule has 0 radical (unpaired) electrons. The molecule has 10 heteroatoms. The Morgan fingerprint density at radius 1 is 1.19 bits per heavy atom. The van der Waals surface area contributed by atoms with E-state index in [1.54, 1.807) is 24.3 Å². The largest absolute Gasteiger partial charge is 0.417 e. The van der Waals surface area contributed by atoms with Gasteiger partial charge in [0, 0.05) is 5.69 Å². The van der Waals surface area contributed by atoms with Crippen molar-refractivity contribution in [3.05, 3.63) is 70.2 Å². The molecule has 2 aromatic carbocycles. The molecule has 0 unspecified atom stereocenters. The molecule has 0 aliphatic carbocycles. The van der Waals surface area contributed by atoms with Gasteiger partial charge in [-0.15, -0.1) is 10.2 Å². The lowest BCUT2D eigenvalue weighted by Gasteiger charge is -2.17. The second-order valence-electron chi connectivity index (χ2n) is 5.29. The van der Waals surface area contributed by atoms with Crippen LogP contribution in [0.1, 0.15) is 16.4 Å². The number of hydrogen-bond donors (Lipinski definition) is 1. The smallest absolute Gasteiger partial charge is 0.325 e. The quantitative estimate of drug-likeness (QED) is 0.530. The molecule has 1 heterocycles. The van der Waals surface area contributed by atoms with Crippen molar-refractivity contribution in [1.82, 2.24) is 10.2 Å². The second-order valence-corrected chi connectivity index (χ2v) is 7.89. The fourth-order valence-corrected chi connectivity index (χ4v) is 4.14. The van der Waals surface area contributed by atoms with Gasteiger partial charge in [0.25, 0.3) is 0 Å². The lowest BCUT2D eigenvalue weighted by molar-refractivity contribution is -0.137. The molecule has 1 N–H and O–H groups in total. The first-order valence-electron chi connectivity index (χ1n) is 7.50. The van der Waals surface area contributed by atoms with Crippen LogP contribution in [0.5, 0.6) is 0 Å². The summed E-state index contributed by atoms with van der Waals surface area (Å²) in [6, 6.07) is 12.1. The van der Waals surface area contributed by atoms with Crippen LogP contribution in [0.25, 0.3) is 0 Å². The number of thioether (sulfide) groups is 1. The zero-order valence-electron chi connectivity index (χ0n) is 13.4. The van der Waals surface area contributed by atoms with Gasteiger partial charge in [-0.25, -0.2) is 0 Å². The van der Waals surface area contributed by atoms with E-state index < -0.39 is 27.9 Å². The second kappa shape index (κ2) is 8.28. The van der Waals surface area contributed by atoms with Gasteiger partial charge in [-0.05, 0) is 23.8 Å².